The third kappa shape index (κ3) is 11.0. The van der Waals surface area contributed by atoms with Crippen LogP contribution in [-0.4, -0.2) is 43.9 Å². The minimum Gasteiger partial charge on any atom is -0.508 e. The van der Waals surface area contributed by atoms with E-state index in [2.05, 4.69) is 0 Å². The summed E-state index contributed by atoms with van der Waals surface area (Å²) in [6, 6.07) is 11.7. The van der Waals surface area contributed by atoms with E-state index in [1.54, 1.807) is 12.1 Å². The van der Waals surface area contributed by atoms with Gasteiger partial charge in [0.05, 0.1) is 0 Å². The fourth-order valence-corrected chi connectivity index (χ4v) is 0.986. The van der Waals surface area contributed by atoms with Crippen LogP contribution in [0.1, 0.15) is 0 Å². The van der Waals surface area contributed by atoms with E-state index in [1.165, 1.54) is 36.4 Å². The fourth-order valence-electron chi connectivity index (χ4n) is 0.986. The van der Waals surface area contributed by atoms with E-state index in [-0.39, 0.29) is 23.0 Å². The summed E-state index contributed by atoms with van der Waals surface area (Å²) < 4.78 is 23.2. The molecule has 0 unspecified atom stereocenters. The van der Waals surface area contributed by atoms with Gasteiger partial charge in [-0.1, -0.05) is 12.1 Å². The molecule has 0 aromatic heterocycles. The molecule has 0 radical (unpaired) electrons. The normalized spacial score (nSPS) is 8.95. The summed E-state index contributed by atoms with van der Waals surface area (Å²) in [4.78, 5) is 0. The molecule has 0 aliphatic heterocycles. The van der Waals surface area contributed by atoms with Gasteiger partial charge in [0.25, 0.3) is 0 Å². The average molecular weight is 346 g/mol. The van der Waals surface area contributed by atoms with Crippen LogP contribution in [0.5, 0.6) is 23.0 Å². The predicted molar refractivity (Wildman–Crippen MR) is 71.8 cm³/mol. The van der Waals surface area contributed by atoms with Gasteiger partial charge in [-0.3, -0.25) is 0 Å². The maximum Gasteiger partial charge on any atom is 0.119 e. The number of rotatable bonds is 0. The molecule has 7 nitrogen and oxygen atoms in total. The summed E-state index contributed by atoms with van der Waals surface area (Å²) in [6.07, 6.45) is 0. The zero-order valence-corrected chi connectivity index (χ0v) is 12.3. The first-order chi connectivity index (χ1) is 9.31. The van der Waals surface area contributed by atoms with E-state index in [9.17, 15) is 0 Å². The quantitative estimate of drug-likeness (QED) is 0.378. The monoisotopic (exact) mass is 346 g/mol. The van der Waals surface area contributed by atoms with E-state index in [1.807, 2.05) is 0 Å². The number of hydrogen-bond acceptors (Lipinski definition) is 5. The molecular formula is C12H15AsO7. The van der Waals surface area contributed by atoms with Crippen LogP contribution in [0.25, 0.3) is 0 Å². The molecule has 2 aromatic rings. The molecule has 0 aliphatic carbocycles. The Hall–Kier alpha value is -2.08. The van der Waals surface area contributed by atoms with E-state index in [0.717, 1.165) is 0 Å². The van der Waals surface area contributed by atoms with Gasteiger partial charge in [0.2, 0.25) is 0 Å². The van der Waals surface area contributed by atoms with Gasteiger partial charge >= 0.3 is 27.2 Å². The van der Waals surface area contributed by atoms with Gasteiger partial charge in [0.1, 0.15) is 23.0 Å². The summed E-state index contributed by atoms with van der Waals surface area (Å²) in [5.74, 6) is 0.352. The number of phenolic OH excluding ortho intramolecular Hbond substituents is 4. The number of benzene rings is 2. The van der Waals surface area contributed by atoms with Crippen molar-refractivity contribution in [2.45, 2.75) is 0 Å². The van der Waals surface area contributed by atoms with Gasteiger partial charge < -0.3 is 20.4 Å². The van der Waals surface area contributed by atoms with Crippen LogP contribution >= 0.6 is 0 Å². The van der Waals surface area contributed by atoms with Crippen molar-refractivity contribution in [1.29, 1.82) is 0 Å². The Morgan fingerprint density at radius 1 is 0.650 bits per heavy atom. The van der Waals surface area contributed by atoms with Crippen molar-refractivity contribution in [1.82, 2.24) is 0 Å². The molecule has 0 fully saturated rings. The van der Waals surface area contributed by atoms with Gasteiger partial charge in [0, 0.05) is 12.1 Å². The first kappa shape index (κ1) is 17.9. The summed E-state index contributed by atoms with van der Waals surface area (Å²) >= 11 is -3.58. The SMILES string of the molecule is O=[AsH](O)O.Oc1cccc(O)c1.Oc1cccc(O)c1. The van der Waals surface area contributed by atoms with Crippen molar-refractivity contribution in [2.24, 2.45) is 0 Å². The molecule has 0 heterocycles. The number of aromatic hydroxyl groups is 4. The van der Waals surface area contributed by atoms with Crippen molar-refractivity contribution in [2.75, 3.05) is 0 Å². The van der Waals surface area contributed by atoms with Crippen LogP contribution < -0.4 is 0 Å². The Morgan fingerprint density at radius 2 is 0.850 bits per heavy atom. The first-order valence-electron chi connectivity index (χ1n) is 5.19. The fraction of sp³-hybridized carbons (Fsp3) is 0. The van der Waals surface area contributed by atoms with Crippen LogP contribution in [0.4, 0.5) is 0 Å². The molecule has 20 heavy (non-hydrogen) atoms. The standard InChI is InChI=1S/2C6H6O2.AsH3O3/c2*7-5-2-1-3-6(8)4-5;2-1(3)4/h2*1-4,7-8H;1H,(H2,2,3,4). The Labute approximate surface area is 119 Å². The number of hydrogen-bond donors (Lipinski definition) is 6. The van der Waals surface area contributed by atoms with Crippen LogP contribution in [0.15, 0.2) is 48.5 Å². The minimum atomic E-state index is -3.58. The van der Waals surface area contributed by atoms with Gasteiger partial charge in [-0.15, -0.1) is 0 Å². The van der Waals surface area contributed by atoms with Crippen LogP contribution in [0.2, 0.25) is 0 Å². The van der Waals surface area contributed by atoms with Crippen molar-refractivity contribution in [3.8, 4) is 23.0 Å². The van der Waals surface area contributed by atoms with E-state index >= 15 is 0 Å². The first-order valence-corrected chi connectivity index (χ1v) is 7.92. The third-order valence-corrected chi connectivity index (χ3v) is 1.66. The summed E-state index contributed by atoms with van der Waals surface area (Å²) in [5, 5.41) is 34.6. The molecule has 0 bridgehead atoms. The summed E-state index contributed by atoms with van der Waals surface area (Å²) in [7, 11) is 0. The van der Waals surface area contributed by atoms with Crippen molar-refractivity contribution >= 4 is 15.3 Å². The molecule has 2 rings (SSSR count). The summed E-state index contributed by atoms with van der Waals surface area (Å²) in [5.41, 5.74) is 0. The molecule has 110 valence electrons. The molecule has 0 atom stereocenters. The molecule has 0 aliphatic rings. The Bertz CT molecular complexity index is 463. The predicted octanol–water partition coefficient (Wildman–Crippen LogP) is 0.314. The summed E-state index contributed by atoms with van der Waals surface area (Å²) in [6.45, 7) is 0. The largest absolute Gasteiger partial charge is 0.508 e. The Morgan fingerprint density at radius 3 is 0.950 bits per heavy atom. The topological polar surface area (TPSA) is 138 Å². The van der Waals surface area contributed by atoms with E-state index in [0.29, 0.717) is 0 Å². The third-order valence-electron chi connectivity index (χ3n) is 1.66. The van der Waals surface area contributed by atoms with Crippen molar-refractivity contribution < 1.29 is 32.4 Å². The Balaban J connectivity index is 0.000000289. The smallest absolute Gasteiger partial charge is 0.119 e. The second-order valence-electron chi connectivity index (χ2n) is 3.32. The molecule has 0 saturated carbocycles. The van der Waals surface area contributed by atoms with Crippen LogP contribution in [-0.2, 0) is 3.74 Å². The maximum absolute atomic E-state index is 8.81. The molecule has 0 saturated heterocycles. The van der Waals surface area contributed by atoms with E-state index in [4.69, 9.17) is 32.4 Å². The van der Waals surface area contributed by atoms with Crippen molar-refractivity contribution in [3.63, 3.8) is 0 Å². The molecular weight excluding hydrogens is 331 g/mol. The zero-order chi connectivity index (χ0) is 15.5. The second kappa shape index (κ2) is 9.80. The average Bonchev–Trinajstić information content (AvgIpc) is 2.28. The zero-order valence-electron chi connectivity index (χ0n) is 10.2. The second-order valence-corrected chi connectivity index (χ2v) is 4.51. The Kier molecular flexibility index (Phi) is 8.78. The van der Waals surface area contributed by atoms with Crippen LogP contribution in [0.3, 0.4) is 0 Å². The van der Waals surface area contributed by atoms with E-state index < -0.39 is 15.3 Å². The molecule has 2 aromatic carbocycles. The van der Waals surface area contributed by atoms with Crippen LogP contribution in [0, 0.1) is 0 Å². The molecule has 8 heteroatoms. The van der Waals surface area contributed by atoms with Gasteiger partial charge in [0.15, 0.2) is 0 Å². The van der Waals surface area contributed by atoms with Gasteiger partial charge in [-0.25, -0.2) is 0 Å². The maximum atomic E-state index is 8.81. The minimum absolute atomic E-state index is 0.0880. The van der Waals surface area contributed by atoms with Gasteiger partial charge in [-0.2, -0.15) is 0 Å². The van der Waals surface area contributed by atoms with Gasteiger partial charge in [-0.05, 0) is 24.3 Å². The molecule has 0 amide bonds. The van der Waals surface area contributed by atoms with Crippen molar-refractivity contribution in [3.05, 3.63) is 48.5 Å². The number of phenols is 4. The molecule has 6 N–H and O–H groups in total. The molecule has 0 spiro atoms.